The molecule has 1 aromatic carbocycles. The number of hydrogen-bond acceptors (Lipinski definition) is 3. The molecule has 1 unspecified atom stereocenters. The quantitative estimate of drug-likeness (QED) is 0.715. The first kappa shape index (κ1) is 18.6. The van der Waals surface area contributed by atoms with Gasteiger partial charge in [-0.05, 0) is 30.9 Å². The van der Waals surface area contributed by atoms with Gasteiger partial charge in [-0.2, -0.15) is 5.26 Å². The molecule has 0 bridgehead atoms. The van der Waals surface area contributed by atoms with Gasteiger partial charge in [-0.15, -0.1) is 0 Å². The van der Waals surface area contributed by atoms with E-state index in [2.05, 4.69) is 6.92 Å². The first-order chi connectivity index (χ1) is 9.78. The molecule has 1 rings (SSSR count). The maximum atomic E-state index is 8.90. The number of aliphatic hydroxyl groups excluding tert-OH is 2. The van der Waals surface area contributed by atoms with E-state index in [0.717, 1.165) is 12.8 Å². The Kier molecular flexibility index (Phi) is 13.1. The first-order valence-corrected chi connectivity index (χ1v) is 7.45. The van der Waals surface area contributed by atoms with E-state index in [4.69, 9.17) is 15.5 Å². The molecule has 0 fully saturated rings. The van der Waals surface area contributed by atoms with Crippen LogP contribution in [0, 0.1) is 17.2 Å². The number of nitriles is 1. The Morgan fingerprint density at radius 3 is 2.20 bits per heavy atom. The summed E-state index contributed by atoms with van der Waals surface area (Å²) in [5, 5.41) is 25.8. The zero-order valence-corrected chi connectivity index (χ0v) is 12.5. The van der Waals surface area contributed by atoms with Crippen LogP contribution in [0.1, 0.15) is 51.0 Å². The lowest BCUT2D eigenvalue weighted by molar-refractivity contribution is 0.174. The molecular formula is C17H27NO2. The molecule has 0 heterocycles. The summed E-state index contributed by atoms with van der Waals surface area (Å²) in [6.45, 7) is 2.63. The fourth-order valence-corrected chi connectivity index (χ4v) is 1.88. The van der Waals surface area contributed by atoms with Gasteiger partial charge in [0.2, 0.25) is 0 Å². The normalized spacial score (nSPS) is 11.1. The average Bonchev–Trinajstić information content (AvgIpc) is 2.52. The Bertz CT molecular complexity index is 346. The van der Waals surface area contributed by atoms with Crippen molar-refractivity contribution in [1.82, 2.24) is 0 Å². The molecule has 0 radical (unpaired) electrons. The second-order valence-corrected chi connectivity index (χ2v) is 4.89. The van der Waals surface area contributed by atoms with Gasteiger partial charge >= 0.3 is 0 Å². The van der Waals surface area contributed by atoms with Gasteiger partial charge in [-0.3, -0.25) is 0 Å². The molecule has 0 amide bonds. The van der Waals surface area contributed by atoms with Gasteiger partial charge in [0.15, 0.2) is 0 Å². The predicted octanol–water partition coefficient (Wildman–Crippen LogP) is 3.51. The Morgan fingerprint density at radius 1 is 1.05 bits per heavy atom. The van der Waals surface area contributed by atoms with Gasteiger partial charge in [0.05, 0.1) is 11.6 Å². The average molecular weight is 277 g/mol. The molecule has 1 atom stereocenters. The third-order valence-corrected chi connectivity index (χ3v) is 3.16. The molecule has 0 aliphatic heterocycles. The Labute approximate surface area is 122 Å². The molecule has 3 heteroatoms. The predicted molar refractivity (Wildman–Crippen MR) is 82.2 cm³/mol. The lowest BCUT2D eigenvalue weighted by Gasteiger charge is -2.11. The van der Waals surface area contributed by atoms with Crippen molar-refractivity contribution >= 4 is 0 Å². The van der Waals surface area contributed by atoms with E-state index in [9.17, 15) is 0 Å². The second kappa shape index (κ2) is 14.0. The van der Waals surface area contributed by atoms with Crippen LogP contribution in [0.4, 0.5) is 0 Å². The summed E-state index contributed by atoms with van der Waals surface area (Å²) in [6, 6.07) is 11.2. The number of unbranched alkanes of at least 4 members (excludes halogenated alkanes) is 3. The molecule has 0 aliphatic carbocycles. The molecule has 2 N–H and O–H groups in total. The smallest absolute Gasteiger partial charge is 0.0991 e. The standard InChI is InChI=1S/C10H22O2.C7H5N/c1-2-3-4-5-6-10(9-12)7-8-11;8-6-7-4-2-1-3-5-7/h10-12H,2-9H2,1H3;1-5H. The van der Waals surface area contributed by atoms with Crippen LogP contribution in [0.5, 0.6) is 0 Å². The molecule has 0 spiro atoms. The Hall–Kier alpha value is -1.37. The van der Waals surface area contributed by atoms with Crippen LogP contribution < -0.4 is 0 Å². The molecule has 3 nitrogen and oxygen atoms in total. The molecule has 0 saturated heterocycles. The molecule has 0 aromatic heterocycles. The van der Waals surface area contributed by atoms with Gasteiger partial charge in [-0.25, -0.2) is 0 Å². The maximum Gasteiger partial charge on any atom is 0.0991 e. The minimum atomic E-state index is 0.207. The lowest BCUT2D eigenvalue weighted by Crippen LogP contribution is -2.07. The van der Waals surface area contributed by atoms with Crippen LogP contribution in [0.3, 0.4) is 0 Å². The molecule has 20 heavy (non-hydrogen) atoms. The van der Waals surface area contributed by atoms with Gasteiger partial charge in [-0.1, -0.05) is 50.8 Å². The third-order valence-electron chi connectivity index (χ3n) is 3.16. The summed E-state index contributed by atoms with van der Waals surface area (Å²) in [7, 11) is 0. The van der Waals surface area contributed by atoms with E-state index >= 15 is 0 Å². The van der Waals surface area contributed by atoms with Crippen molar-refractivity contribution in [2.75, 3.05) is 13.2 Å². The number of benzene rings is 1. The Morgan fingerprint density at radius 2 is 1.75 bits per heavy atom. The summed E-state index contributed by atoms with van der Waals surface area (Å²) < 4.78 is 0. The third kappa shape index (κ3) is 10.5. The fraction of sp³-hybridized carbons (Fsp3) is 0.588. The molecule has 0 aliphatic rings. The lowest BCUT2D eigenvalue weighted by atomic mass is 9.99. The van der Waals surface area contributed by atoms with Crippen LogP contribution in [0.2, 0.25) is 0 Å². The summed E-state index contributed by atoms with van der Waals surface area (Å²) in [5.74, 6) is 0.326. The monoisotopic (exact) mass is 277 g/mol. The summed E-state index contributed by atoms with van der Waals surface area (Å²) >= 11 is 0. The van der Waals surface area contributed by atoms with E-state index in [1.807, 2.05) is 24.3 Å². The number of hydrogen-bond donors (Lipinski definition) is 2. The van der Waals surface area contributed by atoms with Crippen molar-refractivity contribution in [2.24, 2.45) is 5.92 Å². The minimum Gasteiger partial charge on any atom is -0.396 e. The van der Waals surface area contributed by atoms with Gasteiger partial charge in [0.25, 0.3) is 0 Å². The van der Waals surface area contributed by atoms with Crippen molar-refractivity contribution in [3.63, 3.8) is 0 Å². The van der Waals surface area contributed by atoms with Gasteiger partial charge < -0.3 is 10.2 Å². The molecule has 1 aromatic rings. The van der Waals surface area contributed by atoms with E-state index in [0.29, 0.717) is 11.5 Å². The minimum absolute atomic E-state index is 0.207. The summed E-state index contributed by atoms with van der Waals surface area (Å²) in [4.78, 5) is 0. The molecule has 112 valence electrons. The first-order valence-electron chi connectivity index (χ1n) is 7.45. The highest BCUT2D eigenvalue weighted by Gasteiger charge is 2.05. The number of aliphatic hydroxyl groups is 2. The summed E-state index contributed by atoms with van der Waals surface area (Å²) in [6.07, 6.45) is 6.82. The summed E-state index contributed by atoms with van der Waals surface area (Å²) in [5.41, 5.74) is 0.715. The SMILES string of the molecule is CCCCCCC(CO)CCO.N#Cc1ccccc1. The van der Waals surface area contributed by atoms with E-state index in [1.54, 1.807) is 12.1 Å². The van der Waals surface area contributed by atoms with Gasteiger partial charge in [0, 0.05) is 13.2 Å². The second-order valence-electron chi connectivity index (χ2n) is 4.89. The number of nitrogens with zero attached hydrogens (tertiary/aromatic N) is 1. The van der Waals surface area contributed by atoms with Crippen LogP contribution in [0.15, 0.2) is 30.3 Å². The molecular weight excluding hydrogens is 250 g/mol. The highest BCUT2D eigenvalue weighted by atomic mass is 16.3. The van der Waals surface area contributed by atoms with Crippen molar-refractivity contribution in [3.05, 3.63) is 35.9 Å². The van der Waals surface area contributed by atoms with E-state index < -0.39 is 0 Å². The fourth-order valence-electron chi connectivity index (χ4n) is 1.88. The topological polar surface area (TPSA) is 64.2 Å². The maximum absolute atomic E-state index is 8.90. The van der Waals surface area contributed by atoms with Crippen molar-refractivity contribution in [1.29, 1.82) is 5.26 Å². The zero-order chi connectivity index (χ0) is 15.1. The highest BCUT2D eigenvalue weighted by molar-refractivity contribution is 5.27. The largest absolute Gasteiger partial charge is 0.396 e. The van der Waals surface area contributed by atoms with Crippen LogP contribution in [-0.4, -0.2) is 23.4 Å². The zero-order valence-electron chi connectivity index (χ0n) is 12.5. The van der Waals surface area contributed by atoms with E-state index in [-0.39, 0.29) is 13.2 Å². The molecule has 0 saturated carbocycles. The highest BCUT2D eigenvalue weighted by Crippen LogP contribution is 2.13. The Balaban J connectivity index is 0.000000388. The van der Waals surface area contributed by atoms with Crippen molar-refractivity contribution < 1.29 is 10.2 Å². The van der Waals surface area contributed by atoms with Crippen LogP contribution in [0.25, 0.3) is 0 Å². The van der Waals surface area contributed by atoms with Crippen LogP contribution >= 0.6 is 0 Å². The van der Waals surface area contributed by atoms with Crippen molar-refractivity contribution in [3.8, 4) is 6.07 Å². The number of rotatable bonds is 8. The van der Waals surface area contributed by atoms with Gasteiger partial charge in [0.1, 0.15) is 0 Å². The van der Waals surface area contributed by atoms with Crippen LogP contribution in [-0.2, 0) is 0 Å². The van der Waals surface area contributed by atoms with E-state index in [1.165, 1.54) is 25.7 Å². The van der Waals surface area contributed by atoms with Crippen molar-refractivity contribution in [2.45, 2.75) is 45.4 Å².